The van der Waals surface area contributed by atoms with E-state index < -0.39 is 5.97 Å². The van der Waals surface area contributed by atoms with Crippen LogP contribution in [0.5, 0.6) is 0 Å². The minimum Gasteiger partial charge on any atom is -0.478 e. The normalized spacial score (nSPS) is 10.9. The summed E-state index contributed by atoms with van der Waals surface area (Å²) in [6, 6.07) is 25.1. The highest BCUT2D eigenvalue weighted by molar-refractivity contribution is 6.07. The van der Waals surface area contributed by atoms with E-state index >= 15 is 0 Å². The number of carboxylic acid groups (broad SMARTS) is 1. The topological polar surface area (TPSA) is 91.6 Å². The number of nitrogens with zero attached hydrogens (tertiary/aromatic N) is 2. The second-order valence-corrected chi connectivity index (χ2v) is 6.56. The highest BCUT2D eigenvalue weighted by atomic mass is 16.4. The maximum atomic E-state index is 12.8. The van der Waals surface area contributed by atoms with E-state index in [-0.39, 0.29) is 11.5 Å². The Labute approximate surface area is 172 Å². The molecule has 146 valence electrons. The number of benzene rings is 3. The molecular formula is C24H17N3O3. The van der Waals surface area contributed by atoms with Crippen molar-refractivity contribution in [2.75, 3.05) is 0 Å². The molecule has 0 fully saturated rings. The lowest BCUT2D eigenvalue weighted by molar-refractivity contribution is 0.0696. The van der Waals surface area contributed by atoms with Gasteiger partial charge in [-0.05, 0) is 29.8 Å². The van der Waals surface area contributed by atoms with E-state index in [0.29, 0.717) is 16.8 Å². The minimum absolute atomic E-state index is 0.188. The Morgan fingerprint density at radius 2 is 1.60 bits per heavy atom. The predicted molar refractivity (Wildman–Crippen MR) is 116 cm³/mol. The van der Waals surface area contributed by atoms with Gasteiger partial charge in [-0.15, -0.1) is 0 Å². The van der Waals surface area contributed by atoms with Crippen molar-refractivity contribution >= 4 is 29.0 Å². The summed E-state index contributed by atoms with van der Waals surface area (Å²) in [5.74, 6) is -1.35. The molecule has 0 aliphatic carbocycles. The van der Waals surface area contributed by atoms with Gasteiger partial charge in [0.2, 0.25) is 0 Å². The van der Waals surface area contributed by atoms with Gasteiger partial charge in [-0.25, -0.2) is 15.2 Å². The molecule has 0 unspecified atom stereocenters. The maximum Gasteiger partial charge on any atom is 0.335 e. The number of rotatable bonds is 5. The molecule has 0 bridgehead atoms. The largest absolute Gasteiger partial charge is 0.478 e. The van der Waals surface area contributed by atoms with Crippen LogP contribution in [-0.2, 0) is 0 Å². The van der Waals surface area contributed by atoms with Crippen molar-refractivity contribution in [3.8, 4) is 11.3 Å². The first kappa shape index (κ1) is 19.0. The Balaban J connectivity index is 1.61. The highest BCUT2D eigenvalue weighted by Crippen LogP contribution is 2.24. The van der Waals surface area contributed by atoms with E-state index in [1.165, 1.54) is 18.3 Å². The number of pyridine rings is 1. The number of nitrogens with one attached hydrogen (secondary N) is 1. The van der Waals surface area contributed by atoms with E-state index in [4.69, 9.17) is 5.11 Å². The summed E-state index contributed by atoms with van der Waals surface area (Å²) in [5, 5.41) is 13.7. The Morgan fingerprint density at radius 1 is 0.900 bits per heavy atom. The Kier molecular flexibility index (Phi) is 5.30. The lowest BCUT2D eigenvalue weighted by Crippen LogP contribution is -2.18. The first-order valence-electron chi connectivity index (χ1n) is 9.24. The minimum atomic E-state index is -0.995. The van der Waals surface area contributed by atoms with Crippen LogP contribution in [0.3, 0.4) is 0 Å². The van der Waals surface area contributed by atoms with Gasteiger partial charge in [-0.2, -0.15) is 5.10 Å². The van der Waals surface area contributed by atoms with Crippen LogP contribution in [0.15, 0.2) is 90.0 Å². The quantitative estimate of drug-likeness (QED) is 0.388. The number of hydrazone groups is 1. The molecular weight excluding hydrogens is 378 g/mol. The smallest absolute Gasteiger partial charge is 0.335 e. The van der Waals surface area contributed by atoms with Gasteiger partial charge in [0.15, 0.2) is 0 Å². The first-order valence-corrected chi connectivity index (χ1v) is 9.24. The average molecular weight is 395 g/mol. The zero-order valence-corrected chi connectivity index (χ0v) is 15.8. The van der Waals surface area contributed by atoms with Gasteiger partial charge in [0, 0.05) is 10.9 Å². The summed E-state index contributed by atoms with van der Waals surface area (Å²) in [6.07, 6.45) is 1.46. The van der Waals surface area contributed by atoms with Gasteiger partial charge in [-0.1, -0.05) is 60.7 Å². The molecule has 6 heteroatoms. The zero-order valence-electron chi connectivity index (χ0n) is 15.8. The Morgan fingerprint density at radius 3 is 2.33 bits per heavy atom. The van der Waals surface area contributed by atoms with Gasteiger partial charge in [0.05, 0.1) is 28.6 Å². The number of para-hydroxylation sites is 1. The Bertz CT molecular complexity index is 1250. The summed E-state index contributed by atoms with van der Waals surface area (Å²) in [7, 11) is 0. The molecule has 4 aromatic rings. The average Bonchev–Trinajstić information content (AvgIpc) is 2.79. The van der Waals surface area contributed by atoms with E-state index in [1.807, 2.05) is 54.6 Å². The van der Waals surface area contributed by atoms with Crippen LogP contribution >= 0.6 is 0 Å². The molecule has 2 N–H and O–H groups in total. The van der Waals surface area contributed by atoms with Crippen molar-refractivity contribution < 1.29 is 14.7 Å². The van der Waals surface area contributed by atoms with Crippen molar-refractivity contribution in [3.05, 3.63) is 102 Å². The van der Waals surface area contributed by atoms with Crippen LogP contribution in [0, 0.1) is 0 Å². The van der Waals surface area contributed by atoms with Crippen LogP contribution < -0.4 is 5.43 Å². The van der Waals surface area contributed by atoms with Crippen LogP contribution in [0.2, 0.25) is 0 Å². The molecule has 0 atom stereocenters. The number of carboxylic acids is 1. The number of hydrogen-bond donors (Lipinski definition) is 2. The molecule has 4 rings (SSSR count). The molecule has 0 radical (unpaired) electrons. The van der Waals surface area contributed by atoms with Gasteiger partial charge in [-0.3, -0.25) is 4.79 Å². The SMILES string of the molecule is O=C(O)c1ccc(/C=N\NC(=O)c2cc(-c3ccccc3)nc3ccccc23)cc1. The predicted octanol–water partition coefficient (Wildman–Crippen LogP) is 4.36. The molecule has 0 aliphatic rings. The lowest BCUT2D eigenvalue weighted by Gasteiger charge is -2.09. The third kappa shape index (κ3) is 4.07. The zero-order chi connectivity index (χ0) is 20.9. The molecule has 0 aliphatic heterocycles. The van der Waals surface area contributed by atoms with E-state index in [0.717, 1.165) is 16.5 Å². The number of amides is 1. The molecule has 3 aromatic carbocycles. The molecule has 0 saturated heterocycles. The molecule has 6 nitrogen and oxygen atoms in total. The standard InChI is InChI=1S/C24H17N3O3/c28-23(27-25-15-16-10-12-18(13-11-16)24(29)30)20-14-22(17-6-2-1-3-7-17)26-21-9-5-4-8-19(20)21/h1-15H,(H,27,28)(H,29,30)/b25-15-. The first-order chi connectivity index (χ1) is 14.6. The number of fused-ring (bicyclic) bond motifs is 1. The van der Waals surface area contributed by atoms with Crippen molar-refractivity contribution in [2.24, 2.45) is 5.10 Å². The summed E-state index contributed by atoms with van der Waals surface area (Å²) in [6.45, 7) is 0. The van der Waals surface area contributed by atoms with Crippen LogP contribution in [0.1, 0.15) is 26.3 Å². The number of aromatic carboxylic acids is 1. The third-order valence-electron chi connectivity index (χ3n) is 4.57. The van der Waals surface area contributed by atoms with Crippen LogP contribution in [0.25, 0.3) is 22.2 Å². The van der Waals surface area contributed by atoms with Crippen LogP contribution in [-0.4, -0.2) is 28.2 Å². The summed E-state index contributed by atoms with van der Waals surface area (Å²) >= 11 is 0. The second-order valence-electron chi connectivity index (χ2n) is 6.56. The highest BCUT2D eigenvalue weighted by Gasteiger charge is 2.13. The molecule has 1 aromatic heterocycles. The molecule has 1 heterocycles. The molecule has 0 saturated carbocycles. The van der Waals surface area contributed by atoms with Crippen molar-refractivity contribution in [3.63, 3.8) is 0 Å². The molecule has 1 amide bonds. The van der Waals surface area contributed by atoms with Crippen LogP contribution in [0.4, 0.5) is 0 Å². The van der Waals surface area contributed by atoms with E-state index in [1.54, 1.807) is 18.2 Å². The summed E-state index contributed by atoms with van der Waals surface area (Å²) in [5.41, 5.74) is 6.21. The molecule has 0 spiro atoms. The van der Waals surface area contributed by atoms with E-state index in [2.05, 4.69) is 15.5 Å². The summed E-state index contributed by atoms with van der Waals surface area (Å²) in [4.78, 5) is 28.4. The second kappa shape index (κ2) is 8.36. The number of carbonyl (C=O) groups excluding carboxylic acids is 1. The van der Waals surface area contributed by atoms with Crippen molar-refractivity contribution in [2.45, 2.75) is 0 Å². The molecule has 30 heavy (non-hydrogen) atoms. The summed E-state index contributed by atoms with van der Waals surface area (Å²) < 4.78 is 0. The monoisotopic (exact) mass is 395 g/mol. The van der Waals surface area contributed by atoms with E-state index in [9.17, 15) is 9.59 Å². The third-order valence-corrected chi connectivity index (χ3v) is 4.57. The van der Waals surface area contributed by atoms with Gasteiger partial charge in [0.1, 0.15) is 0 Å². The van der Waals surface area contributed by atoms with Gasteiger partial charge in [0.25, 0.3) is 5.91 Å². The van der Waals surface area contributed by atoms with Crippen molar-refractivity contribution in [1.29, 1.82) is 0 Å². The van der Waals surface area contributed by atoms with Crippen molar-refractivity contribution in [1.82, 2.24) is 10.4 Å². The fourth-order valence-electron chi connectivity index (χ4n) is 3.06. The fraction of sp³-hybridized carbons (Fsp3) is 0. The Hall–Kier alpha value is -4.32. The lowest BCUT2D eigenvalue weighted by atomic mass is 10.0. The fourth-order valence-corrected chi connectivity index (χ4v) is 3.06. The van der Waals surface area contributed by atoms with Gasteiger partial charge < -0.3 is 5.11 Å². The number of hydrogen-bond acceptors (Lipinski definition) is 4. The number of carbonyl (C=O) groups is 2. The maximum absolute atomic E-state index is 12.8. The number of aromatic nitrogens is 1. The van der Waals surface area contributed by atoms with Gasteiger partial charge >= 0.3 is 5.97 Å².